The van der Waals surface area contributed by atoms with Crippen molar-refractivity contribution >= 4 is 29.6 Å². The zero-order chi connectivity index (χ0) is 19.0. The lowest BCUT2D eigenvalue weighted by atomic mass is 10.1. The maximum atomic E-state index is 13.9. The van der Waals surface area contributed by atoms with Gasteiger partial charge in [-0.2, -0.15) is 0 Å². The summed E-state index contributed by atoms with van der Waals surface area (Å²) in [6, 6.07) is 14.5. The monoisotopic (exact) mass is 390 g/mol. The normalized spacial score (nSPS) is 13.3. The summed E-state index contributed by atoms with van der Waals surface area (Å²) in [5.74, 6) is 0. The van der Waals surface area contributed by atoms with Gasteiger partial charge in [-0.25, -0.2) is 0 Å². The second-order valence-corrected chi connectivity index (χ2v) is 10.1. The summed E-state index contributed by atoms with van der Waals surface area (Å²) in [7, 11) is -3.22. The van der Waals surface area contributed by atoms with E-state index in [0.717, 1.165) is 24.8 Å². The number of carbonyl (C=O) groups excluding carboxylic acids is 1. The first kappa shape index (κ1) is 20.9. The van der Waals surface area contributed by atoms with Gasteiger partial charge in [0.2, 0.25) is 5.52 Å². The van der Waals surface area contributed by atoms with Gasteiger partial charge in [-0.3, -0.25) is 4.79 Å². The molecular formula is C22H28ClO2P. The molecule has 1 atom stereocenters. The summed E-state index contributed by atoms with van der Waals surface area (Å²) in [4.78, 5) is 13.3. The van der Waals surface area contributed by atoms with Gasteiger partial charge >= 0.3 is 0 Å². The van der Waals surface area contributed by atoms with Crippen LogP contribution in [0.4, 0.5) is 0 Å². The van der Waals surface area contributed by atoms with Gasteiger partial charge in [-0.05, 0) is 25.0 Å². The molecule has 0 bridgehead atoms. The Morgan fingerprint density at radius 3 is 2.23 bits per heavy atom. The Labute approximate surface area is 162 Å². The molecule has 0 saturated carbocycles. The van der Waals surface area contributed by atoms with Gasteiger partial charge in [-0.15, -0.1) is 0 Å². The molecule has 0 saturated heterocycles. The van der Waals surface area contributed by atoms with Gasteiger partial charge in [0, 0.05) is 17.0 Å². The molecule has 26 heavy (non-hydrogen) atoms. The Kier molecular flexibility index (Phi) is 8.13. The molecule has 0 N–H and O–H groups in total. The molecule has 0 spiro atoms. The topological polar surface area (TPSA) is 34.1 Å². The summed E-state index contributed by atoms with van der Waals surface area (Å²) in [6.45, 7) is 4.04. The second kappa shape index (κ2) is 10.1. The van der Waals surface area contributed by atoms with E-state index in [0.29, 0.717) is 22.1 Å². The van der Waals surface area contributed by atoms with Crippen molar-refractivity contribution in [1.29, 1.82) is 0 Å². The smallest absolute Gasteiger partial charge is 0.227 e. The number of rotatable bonds is 10. The summed E-state index contributed by atoms with van der Waals surface area (Å²) in [5, 5.41) is 1.02. The van der Waals surface area contributed by atoms with E-state index in [1.54, 1.807) is 6.07 Å². The number of hydrogen-bond acceptors (Lipinski definition) is 2. The highest BCUT2D eigenvalue weighted by atomic mass is 35.5. The van der Waals surface area contributed by atoms with E-state index < -0.39 is 7.14 Å². The lowest BCUT2D eigenvalue weighted by molar-refractivity contribution is 0.107. The summed E-state index contributed by atoms with van der Waals surface area (Å²) in [6.07, 6.45) is 6.97. The highest BCUT2D eigenvalue weighted by molar-refractivity contribution is 7.87. The van der Waals surface area contributed by atoms with Crippen molar-refractivity contribution in [2.75, 3.05) is 6.16 Å². The van der Waals surface area contributed by atoms with E-state index in [-0.39, 0.29) is 5.52 Å². The first-order chi connectivity index (χ1) is 12.5. The van der Waals surface area contributed by atoms with Crippen LogP contribution in [0.15, 0.2) is 48.5 Å². The number of halogens is 1. The molecule has 0 amide bonds. The van der Waals surface area contributed by atoms with Gasteiger partial charge in [0.25, 0.3) is 0 Å². The van der Waals surface area contributed by atoms with Crippen LogP contribution >= 0.6 is 18.7 Å². The fourth-order valence-electron chi connectivity index (χ4n) is 3.21. The third-order valence-electron chi connectivity index (χ3n) is 4.76. The molecule has 0 radical (unpaired) electrons. The lowest BCUT2D eigenvalue weighted by Gasteiger charge is -2.19. The fraction of sp³-hybridized carbons (Fsp3) is 0.409. The van der Waals surface area contributed by atoms with Crippen LogP contribution in [0.1, 0.15) is 61.4 Å². The molecule has 140 valence electrons. The SMILES string of the molecule is CCCCCCCCP(=O)(C(=O)c1c(C)cccc1Cl)c1ccccc1. The number of hydrogen-bond donors (Lipinski definition) is 0. The maximum Gasteiger partial charge on any atom is 0.227 e. The molecule has 2 rings (SSSR count). The maximum absolute atomic E-state index is 13.9. The Morgan fingerprint density at radius 1 is 0.923 bits per heavy atom. The van der Waals surface area contributed by atoms with Crippen LogP contribution in [0.2, 0.25) is 5.02 Å². The summed E-state index contributed by atoms with van der Waals surface area (Å²) < 4.78 is 13.9. The standard InChI is InChI=1S/C22H28ClO2P/c1-3-4-5-6-7-11-17-26(25,19-14-9-8-10-15-19)22(24)21-18(2)13-12-16-20(21)23/h8-10,12-16H,3-7,11,17H2,1-2H3. The fourth-order valence-corrected chi connectivity index (χ4v) is 6.26. The predicted molar refractivity (Wildman–Crippen MR) is 112 cm³/mol. The van der Waals surface area contributed by atoms with E-state index in [4.69, 9.17) is 11.6 Å². The Balaban J connectivity index is 2.27. The van der Waals surface area contributed by atoms with Crippen molar-refractivity contribution in [2.45, 2.75) is 52.4 Å². The van der Waals surface area contributed by atoms with Gasteiger partial charge in [0.05, 0.1) is 5.02 Å². The minimum atomic E-state index is -3.22. The third-order valence-corrected chi connectivity index (χ3v) is 8.04. The van der Waals surface area contributed by atoms with Crippen LogP contribution in [0, 0.1) is 6.92 Å². The van der Waals surface area contributed by atoms with Crippen molar-refractivity contribution in [3.63, 3.8) is 0 Å². The predicted octanol–water partition coefficient (Wildman–Crippen LogP) is 6.84. The van der Waals surface area contributed by atoms with Crippen molar-refractivity contribution in [3.05, 3.63) is 64.7 Å². The van der Waals surface area contributed by atoms with Crippen molar-refractivity contribution in [2.24, 2.45) is 0 Å². The van der Waals surface area contributed by atoms with Crippen LogP contribution in [-0.4, -0.2) is 11.7 Å². The average Bonchev–Trinajstić information content (AvgIpc) is 2.65. The number of unbranched alkanes of at least 4 members (excludes halogenated alkanes) is 5. The van der Waals surface area contributed by atoms with E-state index in [1.807, 2.05) is 49.4 Å². The van der Waals surface area contributed by atoms with E-state index >= 15 is 0 Å². The van der Waals surface area contributed by atoms with Crippen LogP contribution in [-0.2, 0) is 4.57 Å². The molecule has 1 unspecified atom stereocenters. The Bertz CT molecular complexity index is 751. The molecule has 0 aromatic heterocycles. The minimum absolute atomic E-state index is 0.305. The van der Waals surface area contributed by atoms with E-state index in [2.05, 4.69) is 6.92 Å². The summed E-state index contributed by atoms with van der Waals surface area (Å²) >= 11 is 6.29. The zero-order valence-electron chi connectivity index (χ0n) is 15.7. The number of benzene rings is 2. The molecule has 0 fully saturated rings. The highest BCUT2D eigenvalue weighted by Gasteiger charge is 2.35. The van der Waals surface area contributed by atoms with Crippen molar-refractivity contribution in [3.8, 4) is 0 Å². The van der Waals surface area contributed by atoms with Crippen LogP contribution in [0.5, 0.6) is 0 Å². The quantitative estimate of drug-likeness (QED) is 0.329. The second-order valence-electron chi connectivity index (χ2n) is 6.80. The van der Waals surface area contributed by atoms with Crippen LogP contribution < -0.4 is 5.30 Å². The van der Waals surface area contributed by atoms with Crippen LogP contribution in [0.25, 0.3) is 0 Å². The van der Waals surface area contributed by atoms with Crippen molar-refractivity contribution < 1.29 is 9.36 Å². The minimum Gasteiger partial charge on any atom is -0.310 e. The summed E-state index contributed by atoms with van der Waals surface area (Å²) in [5.41, 5.74) is 0.884. The lowest BCUT2D eigenvalue weighted by Crippen LogP contribution is -2.17. The number of aryl methyl sites for hydroxylation is 1. The zero-order valence-corrected chi connectivity index (χ0v) is 17.4. The molecule has 2 nitrogen and oxygen atoms in total. The molecule has 0 aliphatic heterocycles. The van der Waals surface area contributed by atoms with E-state index in [9.17, 15) is 9.36 Å². The largest absolute Gasteiger partial charge is 0.310 e. The van der Waals surface area contributed by atoms with Gasteiger partial charge < -0.3 is 4.57 Å². The van der Waals surface area contributed by atoms with Gasteiger partial charge in [0.15, 0.2) is 7.14 Å². The van der Waals surface area contributed by atoms with Gasteiger partial charge in [-0.1, -0.05) is 93.1 Å². The first-order valence-electron chi connectivity index (χ1n) is 9.45. The molecule has 0 aliphatic rings. The molecule has 0 aliphatic carbocycles. The molecular weight excluding hydrogens is 363 g/mol. The molecule has 2 aromatic carbocycles. The number of carbonyl (C=O) groups is 1. The third kappa shape index (κ3) is 5.09. The van der Waals surface area contributed by atoms with Crippen LogP contribution in [0.3, 0.4) is 0 Å². The molecule has 4 heteroatoms. The average molecular weight is 391 g/mol. The highest BCUT2D eigenvalue weighted by Crippen LogP contribution is 2.50. The molecule has 2 aromatic rings. The van der Waals surface area contributed by atoms with Gasteiger partial charge in [0.1, 0.15) is 0 Å². The van der Waals surface area contributed by atoms with Crippen molar-refractivity contribution in [1.82, 2.24) is 0 Å². The molecule has 0 heterocycles. The van der Waals surface area contributed by atoms with E-state index in [1.165, 1.54) is 19.3 Å². The Morgan fingerprint density at radius 2 is 1.58 bits per heavy atom. The Hall–Kier alpha value is -1.37. The first-order valence-corrected chi connectivity index (χ1v) is 11.7.